The number of carbonyl (C=O) groups is 1. The molecule has 0 bridgehead atoms. The van der Waals surface area contributed by atoms with Gasteiger partial charge in [0.05, 0.1) is 24.1 Å². The summed E-state index contributed by atoms with van der Waals surface area (Å²) in [4.78, 5) is 34.1. The zero-order chi connectivity index (χ0) is 17.2. The molecular weight excluding hydrogens is 322 g/mol. The number of H-pyrrole nitrogens is 1. The third-order valence-electron chi connectivity index (χ3n) is 4.59. The number of amides is 1. The van der Waals surface area contributed by atoms with Gasteiger partial charge in [0.1, 0.15) is 11.9 Å². The molecule has 2 aromatic rings. The Balaban J connectivity index is 1.47. The van der Waals surface area contributed by atoms with E-state index in [1.54, 1.807) is 11.1 Å². The fraction of sp³-hybridized carbons (Fsp3) is 0.471. The molecule has 8 nitrogen and oxygen atoms in total. The lowest BCUT2D eigenvalue weighted by molar-refractivity contribution is -0.151. The lowest BCUT2D eigenvalue weighted by atomic mass is 10.2. The van der Waals surface area contributed by atoms with Crippen LogP contribution in [-0.2, 0) is 16.1 Å². The van der Waals surface area contributed by atoms with Crippen molar-refractivity contribution in [2.45, 2.75) is 19.1 Å². The molecule has 3 heterocycles. The number of morpholine rings is 1. The summed E-state index contributed by atoms with van der Waals surface area (Å²) in [5.74, 6) is 0.582. The monoisotopic (exact) mass is 343 g/mol. The zero-order valence-corrected chi connectivity index (χ0v) is 13.9. The lowest BCUT2D eigenvalue weighted by Crippen LogP contribution is -2.52. The van der Waals surface area contributed by atoms with E-state index in [1.807, 2.05) is 18.2 Å². The summed E-state index contributed by atoms with van der Waals surface area (Å²) in [5.41, 5.74) is 3.62. The van der Waals surface area contributed by atoms with E-state index in [-0.39, 0.29) is 11.5 Å². The molecule has 1 atom stereocenters. The number of para-hydroxylation sites is 1. The van der Waals surface area contributed by atoms with E-state index in [1.165, 1.54) is 0 Å². The van der Waals surface area contributed by atoms with Crippen LogP contribution in [0.2, 0.25) is 0 Å². The minimum absolute atomic E-state index is 0.0258. The van der Waals surface area contributed by atoms with Gasteiger partial charge in [0, 0.05) is 26.2 Å². The Hall–Kier alpha value is -2.29. The van der Waals surface area contributed by atoms with Crippen LogP contribution in [0.15, 0.2) is 29.1 Å². The van der Waals surface area contributed by atoms with Crippen molar-refractivity contribution in [3.05, 3.63) is 40.4 Å². The quantitative estimate of drug-likeness (QED) is 0.806. The molecule has 2 aliphatic heterocycles. The van der Waals surface area contributed by atoms with Crippen molar-refractivity contribution in [3.8, 4) is 0 Å². The number of benzene rings is 1. The van der Waals surface area contributed by atoms with Gasteiger partial charge in [-0.25, -0.2) is 10.4 Å². The van der Waals surface area contributed by atoms with Crippen LogP contribution in [-0.4, -0.2) is 64.7 Å². The second kappa shape index (κ2) is 6.91. The Bertz CT molecular complexity index is 830. The topological polar surface area (TPSA) is 90.6 Å². The van der Waals surface area contributed by atoms with Gasteiger partial charge in [-0.1, -0.05) is 12.1 Å². The molecule has 25 heavy (non-hydrogen) atoms. The summed E-state index contributed by atoms with van der Waals surface area (Å²) >= 11 is 0. The number of aromatic nitrogens is 2. The van der Waals surface area contributed by atoms with Gasteiger partial charge < -0.3 is 9.72 Å². The predicted octanol–water partition coefficient (Wildman–Crippen LogP) is -0.139. The van der Waals surface area contributed by atoms with Crippen LogP contribution in [0.25, 0.3) is 10.9 Å². The van der Waals surface area contributed by atoms with Gasteiger partial charge in [-0.15, -0.1) is 0 Å². The van der Waals surface area contributed by atoms with Crippen molar-refractivity contribution in [1.29, 1.82) is 0 Å². The highest BCUT2D eigenvalue weighted by atomic mass is 16.5. The Kier molecular flexibility index (Phi) is 4.48. The SMILES string of the molecule is O=C(C1CN(Cc2nc3ccccc3c(=O)[nH]2)CCO1)N1CCCN1. The van der Waals surface area contributed by atoms with Crippen molar-refractivity contribution in [2.75, 3.05) is 32.8 Å². The second-order valence-corrected chi connectivity index (χ2v) is 6.38. The predicted molar refractivity (Wildman–Crippen MR) is 91.7 cm³/mol. The van der Waals surface area contributed by atoms with Crippen molar-refractivity contribution in [3.63, 3.8) is 0 Å². The van der Waals surface area contributed by atoms with Crippen LogP contribution in [0, 0.1) is 0 Å². The van der Waals surface area contributed by atoms with E-state index < -0.39 is 6.10 Å². The summed E-state index contributed by atoms with van der Waals surface area (Å²) in [6, 6.07) is 7.28. The number of hydrogen-bond acceptors (Lipinski definition) is 6. The van der Waals surface area contributed by atoms with E-state index in [2.05, 4.69) is 20.3 Å². The van der Waals surface area contributed by atoms with Gasteiger partial charge >= 0.3 is 0 Å². The number of rotatable bonds is 3. The normalized spacial score (nSPS) is 21.8. The number of ether oxygens (including phenoxy) is 1. The first-order valence-electron chi connectivity index (χ1n) is 8.57. The molecule has 8 heteroatoms. The van der Waals surface area contributed by atoms with E-state index in [4.69, 9.17) is 4.74 Å². The van der Waals surface area contributed by atoms with E-state index in [9.17, 15) is 9.59 Å². The minimum atomic E-state index is -0.480. The van der Waals surface area contributed by atoms with Gasteiger partial charge in [0.15, 0.2) is 0 Å². The third-order valence-corrected chi connectivity index (χ3v) is 4.59. The molecule has 0 radical (unpaired) electrons. The zero-order valence-electron chi connectivity index (χ0n) is 13.9. The average molecular weight is 343 g/mol. The molecule has 2 aliphatic rings. The number of aromatic amines is 1. The van der Waals surface area contributed by atoms with E-state index in [0.717, 1.165) is 19.5 Å². The summed E-state index contributed by atoms with van der Waals surface area (Å²) in [6.45, 7) is 3.71. The van der Waals surface area contributed by atoms with Crippen LogP contribution in [0.1, 0.15) is 12.2 Å². The number of hydrazine groups is 1. The maximum atomic E-state index is 12.5. The summed E-state index contributed by atoms with van der Waals surface area (Å²) in [7, 11) is 0. The third kappa shape index (κ3) is 3.41. The van der Waals surface area contributed by atoms with Crippen LogP contribution in [0.3, 0.4) is 0 Å². The lowest BCUT2D eigenvalue weighted by Gasteiger charge is -2.33. The maximum Gasteiger partial charge on any atom is 0.267 e. The van der Waals surface area contributed by atoms with E-state index >= 15 is 0 Å². The molecule has 1 amide bonds. The maximum absolute atomic E-state index is 12.5. The molecule has 2 saturated heterocycles. The smallest absolute Gasteiger partial charge is 0.267 e. The minimum Gasteiger partial charge on any atom is -0.366 e. The molecular formula is C17H21N5O3. The standard InChI is InChI=1S/C17H21N5O3/c23-16-12-4-1-2-5-13(12)19-15(20-16)11-21-8-9-25-14(10-21)17(24)22-7-3-6-18-22/h1-2,4-5,14,18H,3,6-11H2,(H,19,20,23). The van der Waals surface area contributed by atoms with Crippen LogP contribution < -0.4 is 11.0 Å². The van der Waals surface area contributed by atoms with Crippen LogP contribution >= 0.6 is 0 Å². The fourth-order valence-corrected chi connectivity index (χ4v) is 3.31. The number of nitrogens with zero attached hydrogens (tertiary/aromatic N) is 3. The highest BCUT2D eigenvalue weighted by Gasteiger charge is 2.31. The first kappa shape index (κ1) is 16.2. The van der Waals surface area contributed by atoms with Gasteiger partial charge in [-0.05, 0) is 18.6 Å². The van der Waals surface area contributed by atoms with E-state index in [0.29, 0.717) is 43.0 Å². The second-order valence-electron chi connectivity index (χ2n) is 6.38. The van der Waals surface area contributed by atoms with Crippen molar-refractivity contribution in [1.82, 2.24) is 25.3 Å². The van der Waals surface area contributed by atoms with Gasteiger partial charge in [0.25, 0.3) is 11.5 Å². The van der Waals surface area contributed by atoms with Crippen molar-refractivity contribution in [2.24, 2.45) is 0 Å². The first-order chi connectivity index (χ1) is 12.2. The molecule has 0 aliphatic carbocycles. The number of fused-ring (bicyclic) bond motifs is 1. The highest BCUT2D eigenvalue weighted by molar-refractivity contribution is 5.81. The molecule has 2 fully saturated rings. The van der Waals surface area contributed by atoms with Crippen molar-refractivity contribution >= 4 is 16.8 Å². The summed E-state index contributed by atoms with van der Waals surface area (Å²) in [5, 5.41) is 2.23. The Morgan fingerprint density at radius 1 is 1.32 bits per heavy atom. The largest absolute Gasteiger partial charge is 0.366 e. The molecule has 132 valence electrons. The molecule has 2 N–H and O–H groups in total. The number of carbonyl (C=O) groups excluding carboxylic acids is 1. The first-order valence-corrected chi connectivity index (χ1v) is 8.57. The highest BCUT2D eigenvalue weighted by Crippen LogP contribution is 2.13. The van der Waals surface area contributed by atoms with Crippen molar-refractivity contribution < 1.29 is 9.53 Å². The summed E-state index contributed by atoms with van der Waals surface area (Å²) in [6.07, 6.45) is 0.483. The Morgan fingerprint density at radius 2 is 2.20 bits per heavy atom. The van der Waals surface area contributed by atoms with Crippen LogP contribution in [0.4, 0.5) is 0 Å². The molecule has 4 rings (SSSR count). The number of nitrogens with one attached hydrogen (secondary N) is 2. The van der Waals surface area contributed by atoms with Gasteiger partial charge in [-0.3, -0.25) is 19.5 Å². The summed E-state index contributed by atoms with van der Waals surface area (Å²) < 4.78 is 5.65. The average Bonchev–Trinajstić information content (AvgIpc) is 3.16. The Labute approximate surface area is 144 Å². The number of hydrogen-bond donors (Lipinski definition) is 2. The van der Waals surface area contributed by atoms with Crippen LogP contribution in [0.5, 0.6) is 0 Å². The molecule has 0 spiro atoms. The molecule has 1 unspecified atom stereocenters. The molecule has 0 saturated carbocycles. The fourth-order valence-electron chi connectivity index (χ4n) is 3.31. The van der Waals surface area contributed by atoms with Gasteiger partial charge in [0.2, 0.25) is 0 Å². The molecule has 1 aromatic heterocycles. The molecule has 1 aromatic carbocycles. The Morgan fingerprint density at radius 3 is 3.04 bits per heavy atom. The van der Waals surface area contributed by atoms with Gasteiger partial charge in [-0.2, -0.15) is 0 Å².